The SMILES string of the molecule is c1ccc(-c2ccc3ccc4c5ccc(-c6cc(-c7ccc8ccccc8c7)nc(-c7ccc8ccccc8c7)n6)cc5nc(-c5ccccc5)c4c3n2)cc1. The van der Waals surface area contributed by atoms with E-state index >= 15 is 0 Å². The van der Waals surface area contributed by atoms with Crippen molar-refractivity contribution in [3.63, 3.8) is 0 Å². The fraction of sp³-hybridized carbons (Fsp3) is 0. The Morgan fingerprint density at radius 1 is 0.286 bits per heavy atom. The lowest BCUT2D eigenvalue weighted by Gasteiger charge is -2.15. The van der Waals surface area contributed by atoms with E-state index in [2.05, 4.69) is 182 Å². The highest BCUT2D eigenvalue weighted by molar-refractivity contribution is 6.20. The van der Waals surface area contributed by atoms with Gasteiger partial charge in [0.05, 0.1) is 33.8 Å². The van der Waals surface area contributed by atoms with Gasteiger partial charge < -0.3 is 0 Å². The molecule has 0 saturated carbocycles. The normalized spacial score (nSPS) is 11.6. The summed E-state index contributed by atoms with van der Waals surface area (Å²) in [4.78, 5) is 21.2. The number of rotatable bonds is 5. The molecule has 0 fully saturated rings. The highest BCUT2D eigenvalue weighted by Crippen LogP contribution is 2.39. The summed E-state index contributed by atoms with van der Waals surface area (Å²) >= 11 is 0. The molecule has 0 saturated heterocycles. The van der Waals surface area contributed by atoms with Gasteiger partial charge >= 0.3 is 0 Å². The maximum absolute atomic E-state index is 5.46. The van der Waals surface area contributed by atoms with Crippen molar-refractivity contribution in [3.8, 4) is 56.4 Å². The Labute approximate surface area is 323 Å². The molecule has 11 rings (SSSR count). The molecule has 4 nitrogen and oxygen atoms in total. The maximum Gasteiger partial charge on any atom is 0.160 e. The number of hydrogen-bond donors (Lipinski definition) is 0. The van der Waals surface area contributed by atoms with Gasteiger partial charge in [0.15, 0.2) is 5.82 Å². The van der Waals surface area contributed by atoms with E-state index in [1.165, 1.54) is 16.2 Å². The van der Waals surface area contributed by atoms with Crippen LogP contribution in [-0.2, 0) is 0 Å². The smallest absolute Gasteiger partial charge is 0.160 e. The second kappa shape index (κ2) is 13.1. The predicted octanol–water partition coefficient (Wildman–Crippen LogP) is 13.4. The summed E-state index contributed by atoms with van der Waals surface area (Å²) < 4.78 is 0. The summed E-state index contributed by atoms with van der Waals surface area (Å²) in [6.07, 6.45) is 0. The molecular weight excluding hydrogens is 681 g/mol. The fourth-order valence-electron chi connectivity index (χ4n) is 7.96. The zero-order valence-corrected chi connectivity index (χ0v) is 30.3. The number of aromatic nitrogens is 4. The van der Waals surface area contributed by atoms with Crippen LogP contribution in [0.15, 0.2) is 194 Å². The Bertz CT molecular complexity index is 3200. The number of fused-ring (bicyclic) bond motifs is 7. The standard InChI is InChI=1S/C52H32N4/c1-3-13-35(14-4-1)45-28-25-37-23-27-44-43-26-24-41(31-48(43)54-50(49(44)51(37)53-45)36-15-5-2-6-16-36)47-32-46(40-21-19-33-11-7-9-17-38(33)29-40)55-52(56-47)42-22-20-34-12-8-10-18-39(34)30-42/h1-32H. The van der Waals surface area contributed by atoms with Gasteiger partial charge in [0.25, 0.3) is 0 Å². The van der Waals surface area contributed by atoms with Crippen molar-refractivity contribution >= 4 is 54.1 Å². The van der Waals surface area contributed by atoms with Crippen molar-refractivity contribution in [2.45, 2.75) is 0 Å². The number of pyridine rings is 2. The van der Waals surface area contributed by atoms with E-state index in [0.717, 1.165) is 88.6 Å². The monoisotopic (exact) mass is 712 g/mol. The second-order valence-corrected chi connectivity index (χ2v) is 14.3. The molecule has 0 unspecified atom stereocenters. The average Bonchev–Trinajstić information content (AvgIpc) is 3.28. The molecule has 3 heterocycles. The van der Waals surface area contributed by atoms with Crippen molar-refractivity contribution in [1.29, 1.82) is 0 Å². The number of benzene rings is 8. The number of hydrogen-bond acceptors (Lipinski definition) is 4. The lowest BCUT2D eigenvalue weighted by atomic mass is 9.96. The molecule has 0 aliphatic carbocycles. The Morgan fingerprint density at radius 2 is 0.821 bits per heavy atom. The minimum atomic E-state index is 0.680. The van der Waals surface area contributed by atoms with Gasteiger partial charge in [-0.25, -0.2) is 19.9 Å². The second-order valence-electron chi connectivity index (χ2n) is 14.3. The van der Waals surface area contributed by atoms with Crippen molar-refractivity contribution in [2.75, 3.05) is 0 Å². The zero-order valence-electron chi connectivity index (χ0n) is 30.3. The number of nitrogens with zero attached hydrogens (tertiary/aromatic N) is 4. The summed E-state index contributed by atoms with van der Waals surface area (Å²) in [5.74, 6) is 0.680. The Hall–Kier alpha value is -7.56. The molecule has 260 valence electrons. The third-order valence-corrected chi connectivity index (χ3v) is 10.8. The van der Waals surface area contributed by atoms with Crippen LogP contribution in [0.4, 0.5) is 0 Å². The first kappa shape index (κ1) is 31.9. The molecular formula is C52H32N4. The molecule has 56 heavy (non-hydrogen) atoms. The molecule has 0 N–H and O–H groups in total. The van der Waals surface area contributed by atoms with E-state index in [-0.39, 0.29) is 0 Å². The Kier molecular flexibility index (Phi) is 7.46. The molecule has 0 atom stereocenters. The van der Waals surface area contributed by atoms with Crippen LogP contribution >= 0.6 is 0 Å². The van der Waals surface area contributed by atoms with Crippen molar-refractivity contribution in [2.24, 2.45) is 0 Å². The van der Waals surface area contributed by atoms with Crippen LogP contribution in [0.5, 0.6) is 0 Å². The molecule has 0 radical (unpaired) electrons. The largest absolute Gasteiger partial charge is 0.247 e. The molecule has 0 amide bonds. The summed E-state index contributed by atoms with van der Waals surface area (Å²) in [6, 6.07) is 68.0. The highest BCUT2D eigenvalue weighted by Gasteiger charge is 2.18. The van der Waals surface area contributed by atoms with Crippen LogP contribution < -0.4 is 0 Å². The van der Waals surface area contributed by atoms with Gasteiger partial charge in [-0.15, -0.1) is 0 Å². The summed E-state index contributed by atoms with van der Waals surface area (Å²) in [5, 5.41) is 9.01. The van der Waals surface area contributed by atoms with Crippen molar-refractivity contribution in [1.82, 2.24) is 19.9 Å². The Balaban J connectivity index is 1.13. The maximum atomic E-state index is 5.46. The van der Waals surface area contributed by atoms with Crippen molar-refractivity contribution < 1.29 is 0 Å². The zero-order chi connectivity index (χ0) is 37.0. The molecule has 8 aromatic carbocycles. The lowest BCUT2D eigenvalue weighted by Crippen LogP contribution is -1.97. The summed E-state index contributed by atoms with van der Waals surface area (Å²) in [6.45, 7) is 0. The first-order valence-corrected chi connectivity index (χ1v) is 18.9. The molecule has 11 aromatic rings. The molecule has 4 heteroatoms. The van der Waals surface area contributed by atoms with Gasteiger partial charge in [-0.2, -0.15) is 0 Å². The van der Waals surface area contributed by atoms with E-state index < -0.39 is 0 Å². The van der Waals surface area contributed by atoms with Crippen molar-refractivity contribution in [3.05, 3.63) is 194 Å². The van der Waals surface area contributed by atoms with Crippen LogP contribution in [0.25, 0.3) is 111 Å². The van der Waals surface area contributed by atoms with E-state index in [4.69, 9.17) is 19.9 Å². The van der Waals surface area contributed by atoms with Gasteiger partial charge in [-0.1, -0.05) is 164 Å². The quantitative estimate of drug-likeness (QED) is 0.167. The summed E-state index contributed by atoms with van der Waals surface area (Å²) in [7, 11) is 0. The van der Waals surface area contributed by atoms with Gasteiger partial charge in [-0.3, -0.25) is 0 Å². The van der Waals surface area contributed by atoms with E-state index in [1.807, 2.05) is 12.1 Å². The van der Waals surface area contributed by atoms with Gasteiger partial charge in [0, 0.05) is 44.0 Å². The van der Waals surface area contributed by atoms with E-state index in [9.17, 15) is 0 Å². The van der Waals surface area contributed by atoms with Crippen LogP contribution in [0, 0.1) is 0 Å². The highest BCUT2D eigenvalue weighted by atomic mass is 14.9. The topological polar surface area (TPSA) is 51.6 Å². The Morgan fingerprint density at radius 3 is 1.54 bits per heavy atom. The predicted molar refractivity (Wildman–Crippen MR) is 232 cm³/mol. The molecule has 0 aliphatic heterocycles. The first-order valence-electron chi connectivity index (χ1n) is 18.9. The minimum Gasteiger partial charge on any atom is -0.247 e. The first-order chi connectivity index (χ1) is 27.7. The lowest BCUT2D eigenvalue weighted by molar-refractivity contribution is 1.19. The van der Waals surface area contributed by atoms with Gasteiger partial charge in [0.2, 0.25) is 0 Å². The van der Waals surface area contributed by atoms with Crippen LogP contribution in [0.2, 0.25) is 0 Å². The van der Waals surface area contributed by atoms with Gasteiger partial charge in [-0.05, 0) is 57.3 Å². The van der Waals surface area contributed by atoms with Crippen LogP contribution in [0.3, 0.4) is 0 Å². The molecule has 0 aliphatic rings. The third kappa shape index (κ3) is 5.55. The van der Waals surface area contributed by atoms with E-state index in [1.54, 1.807) is 0 Å². The fourth-order valence-corrected chi connectivity index (χ4v) is 7.96. The molecule has 0 spiro atoms. The molecule has 3 aromatic heterocycles. The van der Waals surface area contributed by atoms with Crippen LogP contribution in [0.1, 0.15) is 0 Å². The average molecular weight is 713 g/mol. The van der Waals surface area contributed by atoms with Gasteiger partial charge in [0.1, 0.15) is 0 Å². The molecule has 0 bridgehead atoms. The minimum absolute atomic E-state index is 0.680. The van der Waals surface area contributed by atoms with Crippen LogP contribution in [-0.4, -0.2) is 19.9 Å². The third-order valence-electron chi connectivity index (χ3n) is 10.8. The summed E-state index contributed by atoms with van der Waals surface area (Å²) in [5.41, 5.74) is 10.5. The van der Waals surface area contributed by atoms with E-state index in [0.29, 0.717) is 5.82 Å².